The van der Waals surface area contributed by atoms with Crippen LogP contribution in [0.2, 0.25) is 0 Å². The summed E-state index contributed by atoms with van der Waals surface area (Å²) in [6.07, 6.45) is 0. The molecule has 1 aromatic carbocycles. The number of H-pyrrole nitrogens is 1. The van der Waals surface area contributed by atoms with E-state index in [1.54, 1.807) is 11.3 Å². The molecule has 0 aliphatic rings. The average Bonchev–Trinajstić information content (AvgIpc) is 2.97. The number of hydrogen-bond acceptors (Lipinski definition) is 2. The molecule has 3 heteroatoms. The van der Waals surface area contributed by atoms with Crippen molar-refractivity contribution in [3.05, 3.63) is 53.0 Å². The highest BCUT2D eigenvalue weighted by Crippen LogP contribution is 2.28. The second-order valence-corrected chi connectivity index (χ2v) is 5.35. The van der Waals surface area contributed by atoms with E-state index >= 15 is 0 Å². The normalized spacial score (nSPS) is 10.8. The maximum absolute atomic E-state index is 4.72. The van der Waals surface area contributed by atoms with Gasteiger partial charge in [0, 0.05) is 11.3 Å². The second-order valence-electron chi connectivity index (χ2n) is 4.41. The summed E-state index contributed by atoms with van der Waals surface area (Å²) in [6.45, 7) is 4.17. The van der Waals surface area contributed by atoms with E-state index in [-0.39, 0.29) is 0 Å². The molecule has 0 unspecified atom stereocenters. The van der Waals surface area contributed by atoms with Crippen molar-refractivity contribution >= 4 is 11.3 Å². The fourth-order valence-corrected chi connectivity index (χ4v) is 2.73. The van der Waals surface area contributed by atoms with Crippen molar-refractivity contribution in [2.45, 2.75) is 13.8 Å². The smallest absolute Gasteiger partial charge is 0.148 e. The number of imidazole rings is 1. The van der Waals surface area contributed by atoms with E-state index in [4.69, 9.17) is 4.98 Å². The van der Waals surface area contributed by atoms with Gasteiger partial charge < -0.3 is 4.98 Å². The summed E-state index contributed by atoms with van der Waals surface area (Å²) < 4.78 is 0. The topological polar surface area (TPSA) is 28.7 Å². The predicted octanol–water partition coefficient (Wildman–Crippen LogP) is 4.42. The van der Waals surface area contributed by atoms with Crippen LogP contribution < -0.4 is 0 Å². The first-order valence-electron chi connectivity index (χ1n) is 5.91. The van der Waals surface area contributed by atoms with Crippen molar-refractivity contribution in [2.75, 3.05) is 0 Å². The van der Waals surface area contributed by atoms with Crippen molar-refractivity contribution in [2.24, 2.45) is 0 Å². The van der Waals surface area contributed by atoms with Crippen LogP contribution in [0.5, 0.6) is 0 Å². The molecule has 0 atom stereocenters. The summed E-state index contributed by atoms with van der Waals surface area (Å²) in [5.41, 5.74) is 4.59. The Morgan fingerprint density at radius 1 is 1.11 bits per heavy atom. The van der Waals surface area contributed by atoms with Gasteiger partial charge in [-0.15, -0.1) is 11.3 Å². The Hall–Kier alpha value is -1.87. The lowest BCUT2D eigenvalue weighted by atomic mass is 10.1. The van der Waals surface area contributed by atoms with Crippen LogP contribution in [0.25, 0.3) is 22.0 Å². The van der Waals surface area contributed by atoms with E-state index in [1.165, 1.54) is 16.0 Å². The van der Waals surface area contributed by atoms with Gasteiger partial charge >= 0.3 is 0 Å². The van der Waals surface area contributed by atoms with Crippen LogP contribution in [0, 0.1) is 13.8 Å². The molecule has 0 amide bonds. The van der Waals surface area contributed by atoms with Gasteiger partial charge in [-0.2, -0.15) is 0 Å². The summed E-state index contributed by atoms with van der Waals surface area (Å²) in [4.78, 5) is 9.26. The van der Waals surface area contributed by atoms with Crippen molar-refractivity contribution in [1.29, 1.82) is 0 Å². The monoisotopic (exact) mass is 254 g/mol. The third-order valence-electron chi connectivity index (χ3n) is 2.93. The molecule has 3 rings (SSSR count). The lowest BCUT2D eigenvalue weighted by Gasteiger charge is -1.99. The first-order valence-corrected chi connectivity index (χ1v) is 6.79. The number of nitrogens with one attached hydrogen (secondary N) is 1. The van der Waals surface area contributed by atoms with Crippen molar-refractivity contribution in [3.8, 4) is 22.0 Å². The van der Waals surface area contributed by atoms with E-state index in [9.17, 15) is 0 Å². The van der Waals surface area contributed by atoms with Gasteiger partial charge in [0.25, 0.3) is 0 Å². The van der Waals surface area contributed by atoms with E-state index in [0.29, 0.717) is 0 Å². The number of nitrogens with zero attached hydrogens (tertiary/aromatic N) is 1. The first kappa shape index (κ1) is 11.2. The van der Waals surface area contributed by atoms with Gasteiger partial charge in [0.1, 0.15) is 5.82 Å². The van der Waals surface area contributed by atoms with Gasteiger partial charge in [0.05, 0.1) is 10.6 Å². The van der Waals surface area contributed by atoms with Gasteiger partial charge in [-0.1, -0.05) is 29.8 Å². The van der Waals surface area contributed by atoms with Crippen LogP contribution in [0.1, 0.15) is 11.3 Å². The summed E-state index contributed by atoms with van der Waals surface area (Å²) in [5, 5.41) is 2.07. The van der Waals surface area contributed by atoms with Crippen LogP contribution in [0.3, 0.4) is 0 Å². The van der Waals surface area contributed by atoms with Crippen LogP contribution in [-0.4, -0.2) is 9.97 Å². The zero-order chi connectivity index (χ0) is 12.5. The van der Waals surface area contributed by atoms with Crippen molar-refractivity contribution in [1.82, 2.24) is 9.97 Å². The molecule has 0 spiro atoms. The number of aromatic nitrogens is 2. The Morgan fingerprint density at radius 3 is 2.72 bits per heavy atom. The van der Waals surface area contributed by atoms with Gasteiger partial charge in [0.2, 0.25) is 0 Å². The molecule has 1 N–H and O–H groups in total. The molecule has 0 radical (unpaired) electrons. The van der Waals surface area contributed by atoms with E-state index in [0.717, 1.165) is 17.2 Å². The molecular formula is C15H14N2S. The number of benzene rings is 1. The minimum Gasteiger partial charge on any atom is -0.341 e. The molecule has 2 nitrogen and oxygen atoms in total. The molecule has 2 aromatic heterocycles. The third-order valence-corrected chi connectivity index (χ3v) is 3.81. The maximum atomic E-state index is 4.72. The molecule has 3 aromatic rings. The fraction of sp³-hybridized carbons (Fsp3) is 0.133. The number of rotatable bonds is 2. The standard InChI is InChI=1S/C15H14N2S/c1-10-5-3-6-12(9-10)14-11(2)16-15(17-14)13-7-4-8-18-13/h3-9H,1-2H3,(H,16,17). The van der Waals surface area contributed by atoms with Crippen LogP contribution in [0.4, 0.5) is 0 Å². The van der Waals surface area contributed by atoms with E-state index in [2.05, 4.69) is 54.5 Å². The minimum absolute atomic E-state index is 0.957. The molecule has 18 heavy (non-hydrogen) atoms. The van der Waals surface area contributed by atoms with Crippen LogP contribution in [-0.2, 0) is 0 Å². The van der Waals surface area contributed by atoms with Gasteiger partial charge in [-0.05, 0) is 31.4 Å². The van der Waals surface area contributed by atoms with Crippen LogP contribution in [0.15, 0.2) is 41.8 Å². The van der Waals surface area contributed by atoms with Crippen LogP contribution >= 0.6 is 11.3 Å². The van der Waals surface area contributed by atoms with Crippen molar-refractivity contribution in [3.63, 3.8) is 0 Å². The molecule has 0 saturated heterocycles. The van der Waals surface area contributed by atoms with E-state index < -0.39 is 0 Å². The Kier molecular flexibility index (Phi) is 2.76. The Bertz CT molecular complexity index is 666. The van der Waals surface area contributed by atoms with Gasteiger partial charge in [-0.3, -0.25) is 0 Å². The molecule has 0 saturated carbocycles. The zero-order valence-electron chi connectivity index (χ0n) is 10.4. The minimum atomic E-state index is 0.957. The van der Waals surface area contributed by atoms with E-state index in [1.807, 2.05) is 6.07 Å². The summed E-state index contributed by atoms with van der Waals surface area (Å²) in [5.74, 6) is 0.957. The van der Waals surface area contributed by atoms with Gasteiger partial charge in [-0.25, -0.2) is 4.98 Å². The number of hydrogen-bond donors (Lipinski definition) is 1. The third kappa shape index (κ3) is 1.97. The molecule has 0 aliphatic heterocycles. The molecule has 0 aliphatic carbocycles. The Labute approximate surface area is 110 Å². The lowest BCUT2D eigenvalue weighted by molar-refractivity contribution is 1.26. The molecule has 90 valence electrons. The number of thiophene rings is 1. The molecule has 2 heterocycles. The highest BCUT2D eigenvalue weighted by Gasteiger charge is 2.10. The highest BCUT2D eigenvalue weighted by molar-refractivity contribution is 7.13. The molecule has 0 bridgehead atoms. The first-order chi connectivity index (χ1) is 8.74. The largest absolute Gasteiger partial charge is 0.341 e. The zero-order valence-corrected chi connectivity index (χ0v) is 11.2. The van der Waals surface area contributed by atoms with Gasteiger partial charge in [0.15, 0.2) is 0 Å². The second kappa shape index (κ2) is 4.42. The fourth-order valence-electron chi connectivity index (χ4n) is 2.06. The molecule has 0 fully saturated rings. The lowest BCUT2D eigenvalue weighted by Crippen LogP contribution is -1.82. The Morgan fingerprint density at radius 2 is 2.00 bits per heavy atom. The highest BCUT2D eigenvalue weighted by atomic mass is 32.1. The summed E-state index contributed by atoms with van der Waals surface area (Å²) >= 11 is 1.70. The Balaban J connectivity index is 2.09. The van der Waals surface area contributed by atoms with Crippen molar-refractivity contribution < 1.29 is 0 Å². The predicted molar refractivity (Wildman–Crippen MR) is 76.8 cm³/mol. The SMILES string of the molecule is Cc1cccc(-c2nc(-c3cccs3)[nH]c2C)c1. The number of aryl methyl sites for hydroxylation is 2. The quantitative estimate of drug-likeness (QED) is 0.720. The molecular weight excluding hydrogens is 240 g/mol. The number of aromatic amines is 1. The average molecular weight is 254 g/mol. The maximum Gasteiger partial charge on any atom is 0.148 e. The summed E-state index contributed by atoms with van der Waals surface area (Å²) in [7, 11) is 0. The summed E-state index contributed by atoms with van der Waals surface area (Å²) in [6, 6.07) is 12.6.